The van der Waals surface area contributed by atoms with Gasteiger partial charge in [-0.2, -0.15) is 0 Å². The molecule has 0 aromatic heterocycles. The summed E-state index contributed by atoms with van der Waals surface area (Å²) in [7, 11) is 0. The van der Waals surface area contributed by atoms with Gasteiger partial charge >= 0.3 is 6.09 Å². The number of hydrogen-bond donors (Lipinski definition) is 2. The summed E-state index contributed by atoms with van der Waals surface area (Å²) >= 11 is 0. The second kappa shape index (κ2) is 8.93. The largest absolute Gasteiger partial charge is 0.486 e. The van der Waals surface area contributed by atoms with Crippen LogP contribution in [0.5, 0.6) is 5.75 Å². The fourth-order valence-electron chi connectivity index (χ4n) is 3.25. The number of benzene rings is 1. The van der Waals surface area contributed by atoms with Crippen molar-refractivity contribution in [1.82, 2.24) is 9.80 Å². The maximum absolute atomic E-state index is 13.9. The van der Waals surface area contributed by atoms with Crippen molar-refractivity contribution in [1.29, 1.82) is 0 Å². The van der Waals surface area contributed by atoms with Gasteiger partial charge in [-0.3, -0.25) is 14.5 Å². The average Bonchev–Trinajstić information content (AvgIpc) is 3.23. The number of β-amino-alcohol motifs (C(OH)–C–C–N with tert-alkyl or cyclic N) is 1. The monoisotopic (exact) mass is 435 g/mol. The summed E-state index contributed by atoms with van der Waals surface area (Å²) < 4.78 is 25.2. The van der Waals surface area contributed by atoms with E-state index in [1.807, 2.05) is 0 Å². The molecule has 2 heterocycles. The fourth-order valence-corrected chi connectivity index (χ4v) is 3.25. The van der Waals surface area contributed by atoms with Gasteiger partial charge in [0.25, 0.3) is 11.8 Å². The number of carbonyl (C=O) groups is 3. The SMILES string of the molecule is CC(C)(C)OC(=O)N1CCC(Oc2ccc(F)cc2NC2=CC(=O)N(CCO)C2=O)C1. The van der Waals surface area contributed by atoms with Crippen molar-refractivity contribution < 1.29 is 33.4 Å². The highest BCUT2D eigenvalue weighted by Gasteiger charge is 2.33. The molecule has 2 aliphatic rings. The first-order chi connectivity index (χ1) is 14.6. The number of hydrogen-bond acceptors (Lipinski definition) is 7. The minimum Gasteiger partial charge on any atom is -0.486 e. The van der Waals surface area contributed by atoms with Crippen molar-refractivity contribution in [2.24, 2.45) is 0 Å². The minimum absolute atomic E-state index is 0.0456. The topological polar surface area (TPSA) is 108 Å². The third kappa shape index (κ3) is 5.52. The predicted molar refractivity (Wildman–Crippen MR) is 109 cm³/mol. The molecule has 2 N–H and O–H groups in total. The van der Waals surface area contributed by atoms with Crippen molar-refractivity contribution in [3.05, 3.63) is 35.8 Å². The molecular weight excluding hydrogens is 409 g/mol. The number of carbonyl (C=O) groups excluding carboxylic acids is 3. The molecule has 1 unspecified atom stereocenters. The Morgan fingerprint density at radius 3 is 2.74 bits per heavy atom. The van der Waals surface area contributed by atoms with Crippen LogP contribution in [0.15, 0.2) is 30.0 Å². The zero-order chi connectivity index (χ0) is 22.8. The van der Waals surface area contributed by atoms with Crippen LogP contribution in [0.1, 0.15) is 27.2 Å². The molecule has 3 amide bonds. The molecule has 10 heteroatoms. The van der Waals surface area contributed by atoms with Gasteiger partial charge in [0, 0.05) is 25.1 Å². The van der Waals surface area contributed by atoms with Crippen LogP contribution in [0.4, 0.5) is 14.9 Å². The van der Waals surface area contributed by atoms with Gasteiger partial charge in [0.2, 0.25) is 0 Å². The van der Waals surface area contributed by atoms with E-state index in [2.05, 4.69) is 5.32 Å². The first-order valence-corrected chi connectivity index (χ1v) is 9.97. The second-order valence-corrected chi connectivity index (χ2v) is 8.30. The molecule has 0 bridgehead atoms. The van der Waals surface area contributed by atoms with E-state index in [1.165, 1.54) is 12.1 Å². The fraction of sp³-hybridized carbons (Fsp3) is 0.476. The van der Waals surface area contributed by atoms with Gasteiger partial charge in [-0.15, -0.1) is 0 Å². The molecule has 1 fully saturated rings. The van der Waals surface area contributed by atoms with E-state index in [4.69, 9.17) is 14.6 Å². The standard InChI is InChI=1S/C21H26FN3O6/c1-21(2,3)31-20(29)24-7-6-14(12-24)30-17-5-4-13(22)10-15(17)23-16-11-18(27)25(8-9-26)19(16)28/h4-5,10-11,14,23,26H,6-9,12H2,1-3H3. The summed E-state index contributed by atoms with van der Waals surface area (Å²) in [5.41, 5.74) is -0.475. The van der Waals surface area contributed by atoms with E-state index in [-0.39, 0.29) is 36.4 Å². The van der Waals surface area contributed by atoms with E-state index in [1.54, 1.807) is 25.7 Å². The summed E-state index contributed by atoms with van der Waals surface area (Å²) in [5.74, 6) is -1.46. The van der Waals surface area contributed by atoms with E-state index < -0.39 is 29.3 Å². The number of rotatable bonds is 6. The smallest absolute Gasteiger partial charge is 0.410 e. The lowest BCUT2D eigenvalue weighted by Crippen LogP contribution is -2.36. The van der Waals surface area contributed by atoms with Gasteiger partial charge in [0.15, 0.2) is 0 Å². The molecule has 0 radical (unpaired) electrons. The van der Waals surface area contributed by atoms with Gasteiger partial charge in [0.1, 0.15) is 29.0 Å². The maximum Gasteiger partial charge on any atom is 0.410 e. The normalized spacial score (nSPS) is 19.0. The van der Waals surface area contributed by atoms with Gasteiger partial charge in [-0.25, -0.2) is 9.18 Å². The van der Waals surface area contributed by atoms with Gasteiger partial charge in [-0.05, 0) is 32.9 Å². The maximum atomic E-state index is 13.9. The van der Waals surface area contributed by atoms with Crippen LogP contribution in [0.3, 0.4) is 0 Å². The number of aliphatic hydroxyl groups is 1. The lowest BCUT2D eigenvalue weighted by Gasteiger charge is -2.24. The Bertz CT molecular complexity index is 911. The van der Waals surface area contributed by atoms with Gasteiger partial charge in [0.05, 0.1) is 25.4 Å². The van der Waals surface area contributed by atoms with E-state index in [0.29, 0.717) is 19.5 Å². The number of ether oxygens (including phenoxy) is 2. The number of halogens is 1. The molecule has 1 atom stereocenters. The minimum atomic E-state index is -0.619. The summed E-state index contributed by atoms with van der Waals surface area (Å²) in [6, 6.07) is 3.79. The molecule has 3 rings (SSSR count). The lowest BCUT2D eigenvalue weighted by molar-refractivity contribution is -0.137. The molecule has 0 aliphatic carbocycles. The lowest BCUT2D eigenvalue weighted by atomic mass is 10.2. The Labute approximate surface area is 179 Å². The number of imide groups is 1. The number of anilines is 1. The average molecular weight is 435 g/mol. The zero-order valence-electron chi connectivity index (χ0n) is 17.7. The quantitative estimate of drug-likeness (QED) is 0.657. The molecule has 9 nitrogen and oxygen atoms in total. The molecule has 0 spiro atoms. The molecule has 1 aromatic rings. The Balaban J connectivity index is 1.69. The van der Waals surface area contributed by atoms with Gasteiger partial charge in [-0.1, -0.05) is 0 Å². The van der Waals surface area contributed by atoms with Crippen molar-refractivity contribution >= 4 is 23.6 Å². The van der Waals surface area contributed by atoms with Crippen LogP contribution in [0, 0.1) is 5.82 Å². The highest BCUT2D eigenvalue weighted by Crippen LogP contribution is 2.30. The summed E-state index contributed by atoms with van der Waals surface area (Å²) in [6.07, 6.45) is 0.868. The molecule has 1 saturated heterocycles. The summed E-state index contributed by atoms with van der Waals surface area (Å²) in [6.45, 7) is 5.63. The van der Waals surface area contributed by atoms with Crippen molar-refractivity contribution in [3.63, 3.8) is 0 Å². The molecule has 2 aliphatic heterocycles. The summed E-state index contributed by atoms with van der Waals surface area (Å²) in [5, 5.41) is 11.8. The van der Waals surface area contributed by atoms with Crippen LogP contribution < -0.4 is 10.1 Å². The Morgan fingerprint density at radius 1 is 1.32 bits per heavy atom. The third-order valence-corrected chi connectivity index (χ3v) is 4.63. The van der Waals surface area contributed by atoms with E-state index in [9.17, 15) is 18.8 Å². The number of nitrogens with zero attached hydrogens (tertiary/aromatic N) is 2. The van der Waals surface area contributed by atoms with Crippen LogP contribution in [0.2, 0.25) is 0 Å². The highest BCUT2D eigenvalue weighted by atomic mass is 19.1. The molecule has 31 heavy (non-hydrogen) atoms. The number of amides is 3. The summed E-state index contributed by atoms with van der Waals surface area (Å²) in [4.78, 5) is 38.9. The number of aliphatic hydroxyl groups excluding tert-OH is 1. The Hall–Kier alpha value is -3.14. The Kier molecular flexibility index (Phi) is 6.49. The predicted octanol–water partition coefficient (Wildman–Crippen LogP) is 1.87. The first-order valence-electron chi connectivity index (χ1n) is 9.97. The number of nitrogens with one attached hydrogen (secondary N) is 1. The van der Waals surface area contributed by atoms with Gasteiger partial charge < -0.3 is 24.8 Å². The van der Waals surface area contributed by atoms with Crippen molar-refractivity contribution in [2.75, 3.05) is 31.6 Å². The zero-order valence-corrected chi connectivity index (χ0v) is 17.7. The van der Waals surface area contributed by atoms with Crippen LogP contribution in [0.25, 0.3) is 0 Å². The third-order valence-electron chi connectivity index (χ3n) is 4.63. The highest BCUT2D eigenvalue weighted by molar-refractivity contribution is 6.17. The second-order valence-electron chi connectivity index (χ2n) is 8.30. The van der Waals surface area contributed by atoms with Crippen LogP contribution in [-0.4, -0.2) is 70.8 Å². The van der Waals surface area contributed by atoms with E-state index in [0.717, 1.165) is 17.0 Å². The molecule has 168 valence electrons. The molecule has 1 aromatic carbocycles. The van der Waals surface area contributed by atoms with Crippen molar-refractivity contribution in [3.8, 4) is 5.75 Å². The molecular formula is C21H26FN3O6. The van der Waals surface area contributed by atoms with Crippen molar-refractivity contribution in [2.45, 2.75) is 38.9 Å². The van der Waals surface area contributed by atoms with Crippen LogP contribution in [-0.2, 0) is 14.3 Å². The van der Waals surface area contributed by atoms with E-state index >= 15 is 0 Å². The number of likely N-dealkylation sites (tertiary alicyclic amines) is 1. The molecule has 0 saturated carbocycles. The Morgan fingerprint density at radius 2 is 2.06 bits per heavy atom. The first kappa shape index (κ1) is 22.5. The van der Waals surface area contributed by atoms with Crippen LogP contribution >= 0.6 is 0 Å².